The van der Waals surface area contributed by atoms with Crippen molar-refractivity contribution in [2.45, 2.75) is 31.7 Å². The van der Waals surface area contributed by atoms with Crippen LogP contribution < -0.4 is 11.1 Å². The second-order valence-electron chi connectivity index (χ2n) is 5.54. The summed E-state index contributed by atoms with van der Waals surface area (Å²) >= 11 is 0. The minimum atomic E-state index is -0.0449. The van der Waals surface area contributed by atoms with Crippen LogP contribution in [0.5, 0.6) is 0 Å². The van der Waals surface area contributed by atoms with Crippen molar-refractivity contribution in [2.24, 2.45) is 5.73 Å². The molecule has 0 saturated carbocycles. The minimum Gasteiger partial charge on any atom is -0.326 e. The Morgan fingerprint density at radius 1 is 1.19 bits per heavy atom. The number of carbonyl (C=O) groups is 1. The van der Waals surface area contributed by atoms with Gasteiger partial charge in [0.1, 0.15) is 0 Å². The van der Waals surface area contributed by atoms with Crippen LogP contribution in [0.15, 0.2) is 48.5 Å². The van der Waals surface area contributed by atoms with Crippen LogP contribution in [0.3, 0.4) is 0 Å². The summed E-state index contributed by atoms with van der Waals surface area (Å²) in [4.78, 5) is 12.6. The zero-order valence-corrected chi connectivity index (χ0v) is 12.0. The molecule has 3 rings (SSSR count). The second kappa shape index (κ2) is 6.10. The molecule has 0 radical (unpaired) electrons. The first-order chi connectivity index (χ1) is 10.3. The van der Waals surface area contributed by atoms with Gasteiger partial charge in [-0.05, 0) is 48.1 Å². The number of aryl methyl sites for hydroxylation is 1. The van der Waals surface area contributed by atoms with E-state index < -0.39 is 0 Å². The fourth-order valence-electron chi connectivity index (χ4n) is 3.03. The molecule has 1 aliphatic carbocycles. The van der Waals surface area contributed by atoms with Gasteiger partial charge in [-0.2, -0.15) is 0 Å². The van der Waals surface area contributed by atoms with Crippen molar-refractivity contribution in [3.63, 3.8) is 0 Å². The topological polar surface area (TPSA) is 55.1 Å². The Kier molecular flexibility index (Phi) is 4.02. The highest BCUT2D eigenvalue weighted by Crippen LogP contribution is 2.32. The van der Waals surface area contributed by atoms with E-state index in [4.69, 9.17) is 5.73 Å². The molecule has 1 aliphatic rings. The van der Waals surface area contributed by atoms with Crippen LogP contribution in [0.4, 0.5) is 5.69 Å². The van der Waals surface area contributed by atoms with Gasteiger partial charge in [-0.25, -0.2) is 0 Å². The number of benzene rings is 2. The van der Waals surface area contributed by atoms with Gasteiger partial charge in [0.25, 0.3) is 0 Å². The van der Waals surface area contributed by atoms with E-state index in [1.807, 2.05) is 36.4 Å². The molecule has 0 spiro atoms. The smallest absolute Gasteiger partial charge is 0.231 e. The van der Waals surface area contributed by atoms with Crippen LogP contribution in [0.25, 0.3) is 0 Å². The molecule has 0 aromatic heterocycles. The van der Waals surface area contributed by atoms with Crippen LogP contribution in [0.1, 0.15) is 35.4 Å². The number of hydrogen-bond donors (Lipinski definition) is 2. The number of fused-ring (bicyclic) bond motifs is 1. The number of carbonyl (C=O) groups excluding carboxylic acids is 1. The Hall–Kier alpha value is -2.13. The van der Waals surface area contributed by atoms with Crippen molar-refractivity contribution >= 4 is 11.6 Å². The molecule has 2 aromatic rings. The summed E-state index contributed by atoms with van der Waals surface area (Å²) in [5, 5.41) is 3.03. The summed E-state index contributed by atoms with van der Waals surface area (Å²) in [5.74, 6) is 0.0350. The first-order valence-electron chi connectivity index (χ1n) is 7.45. The molecule has 3 heteroatoms. The number of nitrogens with one attached hydrogen (secondary N) is 1. The van der Waals surface area contributed by atoms with Crippen LogP contribution in [0.2, 0.25) is 0 Å². The molecule has 108 valence electrons. The third kappa shape index (κ3) is 2.98. The van der Waals surface area contributed by atoms with E-state index in [-0.39, 0.29) is 11.8 Å². The van der Waals surface area contributed by atoms with E-state index >= 15 is 0 Å². The van der Waals surface area contributed by atoms with Gasteiger partial charge >= 0.3 is 0 Å². The molecule has 0 aliphatic heterocycles. The van der Waals surface area contributed by atoms with Crippen LogP contribution in [-0.4, -0.2) is 5.91 Å². The fourth-order valence-corrected chi connectivity index (χ4v) is 3.03. The fraction of sp³-hybridized carbons (Fsp3) is 0.278. The van der Waals surface area contributed by atoms with E-state index in [0.717, 1.165) is 30.5 Å². The molecule has 0 saturated heterocycles. The molecular formula is C18H20N2O. The lowest BCUT2D eigenvalue weighted by molar-refractivity contribution is -0.117. The number of nitrogens with two attached hydrogens (primary N) is 1. The summed E-state index contributed by atoms with van der Waals surface area (Å²) in [5.41, 5.74) is 9.97. The maximum Gasteiger partial charge on any atom is 0.231 e. The molecule has 1 atom stereocenters. The molecule has 0 fully saturated rings. The molecule has 2 aromatic carbocycles. The zero-order chi connectivity index (χ0) is 14.7. The summed E-state index contributed by atoms with van der Waals surface area (Å²) in [6, 6.07) is 16.0. The molecule has 0 bridgehead atoms. The maximum absolute atomic E-state index is 12.6. The Morgan fingerprint density at radius 2 is 2.05 bits per heavy atom. The van der Waals surface area contributed by atoms with Crippen LogP contribution in [0, 0.1) is 0 Å². The van der Waals surface area contributed by atoms with E-state index in [0.29, 0.717) is 6.54 Å². The van der Waals surface area contributed by atoms with Crippen molar-refractivity contribution in [1.29, 1.82) is 0 Å². The van der Waals surface area contributed by atoms with Crippen LogP contribution >= 0.6 is 0 Å². The Bertz CT molecular complexity index is 651. The van der Waals surface area contributed by atoms with Gasteiger partial charge in [0.05, 0.1) is 5.92 Å². The summed E-state index contributed by atoms with van der Waals surface area (Å²) in [6.07, 6.45) is 3.06. The second-order valence-corrected chi connectivity index (χ2v) is 5.54. The molecule has 21 heavy (non-hydrogen) atoms. The van der Waals surface area contributed by atoms with Gasteiger partial charge in [-0.15, -0.1) is 0 Å². The highest BCUT2D eigenvalue weighted by Gasteiger charge is 2.26. The van der Waals surface area contributed by atoms with E-state index in [9.17, 15) is 4.79 Å². The number of hydrogen-bond acceptors (Lipinski definition) is 2. The summed E-state index contributed by atoms with van der Waals surface area (Å²) < 4.78 is 0. The SMILES string of the molecule is NCc1cccc(NC(=O)C2CCCc3ccccc32)c1. The lowest BCUT2D eigenvalue weighted by Crippen LogP contribution is -2.24. The number of rotatable bonds is 3. The molecule has 3 nitrogen and oxygen atoms in total. The van der Waals surface area contributed by atoms with Crippen molar-refractivity contribution < 1.29 is 4.79 Å². The Balaban J connectivity index is 1.80. The van der Waals surface area contributed by atoms with E-state index in [1.54, 1.807) is 0 Å². The predicted octanol–water partition coefficient (Wildman–Crippen LogP) is 3.20. The number of anilines is 1. The molecular weight excluding hydrogens is 260 g/mol. The van der Waals surface area contributed by atoms with Crippen molar-refractivity contribution in [3.8, 4) is 0 Å². The van der Waals surface area contributed by atoms with Crippen molar-refractivity contribution in [2.75, 3.05) is 5.32 Å². The summed E-state index contributed by atoms with van der Waals surface area (Å²) in [6.45, 7) is 0.482. The standard InChI is InChI=1S/C18H20N2O/c19-12-13-5-3-8-15(11-13)20-18(21)17-10-4-7-14-6-1-2-9-16(14)17/h1-3,5-6,8-9,11,17H,4,7,10,12,19H2,(H,20,21). The van der Waals surface area contributed by atoms with Gasteiger partial charge < -0.3 is 11.1 Å². The van der Waals surface area contributed by atoms with Gasteiger partial charge in [-0.1, -0.05) is 36.4 Å². The molecule has 1 amide bonds. The van der Waals surface area contributed by atoms with Gasteiger partial charge in [-0.3, -0.25) is 4.79 Å². The van der Waals surface area contributed by atoms with Gasteiger partial charge in [0.2, 0.25) is 5.91 Å². The summed E-state index contributed by atoms with van der Waals surface area (Å²) in [7, 11) is 0. The third-order valence-corrected chi connectivity index (χ3v) is 4.12. The monoisotopic (exact) mass is 280 g/mol. The highest BCUT2D eigenvalue weighted by atomic mass is 16.1. The number of amides is 1. The Morgan fingerprint density at radius 3 is 2.90 bits per heavy atom. The van der Waals surface area contributed by atoms with Crippen LogP contribution in [-0.2, 0) is 17.8 Å². The molecule has 0 heterocycles. The van der Waals surface area contributed by atoms with Gasteiger partial charge in [0.15, 0.2) is 0 Å². The van der Waals surface area contributed by atoms with Crippen molar-refractivity contribution in [3.05, 3.63) is 65.2 Å². The minimum absolute atomic E-state index is 0.0449. The van der Waals surface area contributed by atoms with Gasteiger partial charge in [0, 0.05) is 12.2 Å². The lowest BCUT2D eigenvalue weighted by atomic mass is 9.82. The first kappa shape index (κ1) is 13.8. The predicted molar refractivity (Wildman–Crippen MR) is 85.1 cm³/mol. The van der Waals surface area contributed by atoms with Crippen molar-refractivity contribution in [1.82, 2.24) is 0 Å². The highest BCUT2D eigenvalue weighted by molar-refractivity contribution is 5.96. The normalized spacial score (nSPS) is 17.1. The molecule has 1 unspecified atom stereocenters. The molecule has 3 N–H and O–H groups in total. The first-order valence-corrected chi connectivity index (χ1v) is 7.45. The average Bonchev–Trinajstić information content (AvgIpc) is 2.54. The quantitative estimate of drug-likeness (QED) is 0.907. The zero-order valence-electron chi connectivity index (χ0n) is 12.0. The largest absolute Gasteiger partial charge is 0.326 e. The van der Waals surface area contributed by atoms with E-state index in [1.165, 1.54) is 11.1 Å². The third-order valence-electron chi connectivity index (χ3n) is 4.12. The Labute approximate surface area is 125 Å². The van der Waals surface area contributed by atoms with E-state index in [2.05, 4.69) is 17.4 Å². The average molecular weight is 280 g/mol. The lowest BCUT2D eigenvalue weighted by Gasteiger charge is -2.24. The maximum atomic E-state index is 12.6.